The lowest BCUT2D eigenvalue weighted by molar-refractivity contribution is 0.0389. The first-order chi connectivity index (χ1) is 18.0. The lowest BCUT2D eigenvalue weighted by atomic mass is 10.1. The molecule has 1 aliphatic heterocycles. The van der Waals surface area contributed by atoms with Crippen LogP contribution in [0.25, 0.3) is 22.2 Å². The lowest BCUT2D eigenvalue weighted by Gasteiger charge is -2.36. The molecule has 6 rings (SSSR count). The number of fused-ring (bicyclic) bond motifs is 2. The van der Waals surface area contributed by atoms with Gasteiger partial charge in [0.25, 0.3) is 5.91 Å². The summed E-state index contributed by atoms with van der Waals surface area (Å²) >= 11 is 6.56. The second-order valence-electron chi connectivity index (χ2n) is 9.04. The van der Waals surface area contributed by atoms with Gasteiger partial charge in [-0.15, -0.1) is 0 Å². The molecule has 1 amide bonds. The molecule has 0 bridgehead atoms. The molecule has 0 saturated heterocycles. The van der Waals surface area contributed by atoms with Gasteiger partial charge in [0.05, 0.1) is 41.2 Å². The van der Waals surface area contributed by atoms with Crippen molar-refractivity contribution < 1.29 is 9.53 Å². The van der Waals surface area contributed by atoms with Crippen LogP contribution in [0.5, 0.6) is 0 Å². The van der Waals surface area contributed by atoms with Crippen LogP contribution >= 0.6 is 11.6 Å². The largest absolute Gasteiger partial charge is 0.382 e. The number of methoxy groups -OCH3 is 1. The molecule has 1 atom stereocenters. The Morgan fingerprint density at radius 2 is 2.14 bits per heavy atom. The van der Waals surface area contributed by atoms with Crippen molar-refractivity contribution in [2.75, 3.05) is 19.0 Å². The maximum Gasteiger partial charge on any atom is 0.271 e. The van der Waals surface area contributed by atoms with Crippen molar-refractivity contribution >= 4 is 40.2 Å². The number of benzene rings is 1. The first-order valence-electron chi connectivity index (χ1n) is 11.8. The number of halogens is 1. The number of rotatable bonds is 7. The van der Waals surface area contributed by atoms with Gasteiger partial charge in [0.2, 0.25) is 0 Å². The Bertz CT molecular complexity index is 1600. The van der Waals surface area contributed by atoms with Gasteiger partial charge in [0.15, 0.2) is 0 Å². The number of nitrogens with one attached hydrogen (secondary N) is 2. The number of carbonyl (C=O) groups excluding carboxylic acids is 1. The van der Waals surface area contributed by atoms with Gasteiger partial charge >= 0.3 is 0 Å². The quantitative estimate of drug-likeness (QED) is 0.335. The van der Waals surface area contributed by atoms with Crippen LogP contribution in [0, 0.1) is 0 Å². The number of pyridine rings is 1. The third-order valence-electron chi connectivity index (χ3n) is 6.70. The Hall–Kier alpha value is -4.15. The summed E-state index contributed by atoms with van der Waals surface area (Å²) < 4.78 is 9.20. The number of amides is 1. The Labute approximate surface area is 217 Å². The van der Waals surface area contributed by atoms with Crippen molar-refractivity contribution in [3.8, 4) is 11.1 Å². The van der Waals surface area contributed by atoms with E-state index in [1.165, 1.54) is 0 Å². The highest BCUT2D eigenvalue weighted by Gasteiger charge is 2.33. The molecule has 4 aromatic heterocycles. The van der Waals surface area contributed by atoms with Crippen LogP contribution < -0.4 is 5.32 Å². The smallest absolute Gasteiger partial charge is 0.271 e. The molecular formula is C26H25ClN8O2. The standard InChI is InChI=1S/C26H25ClN8O2/c1-33-24(6-7-31-33)32-23-9-19(20(27)10-28-23)17-8-22-26(36)35(18(14-37-2)13-34(22)11-17)12-16-4-3-5-21-25(16)30-15-29-21/h3-11,15,18H,12-14H2,1-2H3,(H,28,32)(H,29,30)/t18-/m1/s1. The van der Waals surface area contributed by atoms with Crippen LogP contribution in [-0.4, -0.2) is 59.9 Å². The molecule has 10 nitrogen and oxygen atoms in total. The molecule has 0 aliphatic carbocycles. The minimum Gasteiger partial charge on any atom is -0.382 e. The number of ether oxygens (including phenoxy) is 1. The van der Waals surface area contributed by atoms with Crippen molar-refractivity contribution in [2.24, 2.45) is 7.05 Å². The SMILES string of the molecule is COC[C@H]1Cn2cc(-c3cc(Nc4ccnn4C)ncc3Cl)cc2C(=O)N1Cc1cccc2[nH]cnc12. The highest BCUT2D eigenvalue weighted by atomic mass is 35.5. The van der Waals surface area contributed by atoms with Crippen molar-refractivity contribution in [3.63, 3.8) is 0 Å². The molecule has 5 heterocycles. The Kier molecular flexibility index (Phi) is 5.90. The number of nitrogens with zero attached hydrogens (tertiary/aromatic N) is 6. The van der Waals surface area contributed by atoms with Crippen molar-refractivity contribution in [1.29, 1.82) is 0 Å². The Balaban J connectivity index is 1.33. The van der Waals surface area contributed by atoms with Crippen LogP contribution in [0.15, 0.2) is 61.3 Å². The van der Waals surface area contributed by atoms with E-state index >= 15 is 0 Å². The minimum atomic E-state index is -0.130. The zero-order valence-electron chi connectivity index (χ0n) is 20.3. The second-order valence-corrected chi connectivity index (χ2v) is 9.45. The predicted octanol–water partition coefficient (Wildman–Crippen LogP) is 4.23. The predicted molar refractivity (Wildman–Crippen MR) is 141 cm³/mol. The average molecular weight is 517 g/mol. The minimum absolute atomic E-state index is 0.0644. The lowest BCUT2D eigenvalue weighted by Crippen LogP contribution is -2.49. The number of anilines is 2. The van der Waals surface area contributed by atoms with E-state index in [0.29, 0.717) is 36.2 Å². The molecule has 0 spiro atoms. The fourth-order valence-electron chi connectivity index (χ4n) is 4.86. The van der Waals surface area contributed by atoms with Crippen molar-refractivity contribution in [3.05, 3.63) is 77.6 Å². The molecule has 0 unspecified atom stereocenters. The van der Waals surface area contributed by atoms with E-state index in [1.807, 2.05) is 59.1 Å². The number of aromatic amines is 1. The van der Waals surface area contributed by atoms with Gasteiger partial charge in [-0.2, -0.15) is 5.10 Å². The summed E-state index contributed by atoms with van der Waals surface area (Å²) in [7, 11) is 3.50. The zero-order chi connectivity index (χ0) is 25.5. The summed E-state index contributed by atoms with van der Waals surface area (Å²) in [6, 6.07) is 11.5. The summed E-state index contributed by atoms with van der Waals surface area (Å²) in [5, 5.41) is 7.93. The molecule has 0 radical (unpaired) electrons. The summed E-state index contributed by atoms with van der Waals surface area (Å²) in [5.74, 6) is 1.37. The van der Waals surface area contributed by atoms with Gasteiger partial charge in [-0.1, -0.05) is 23.7 Å². The van der Waals surface area contributed by atoms with Crippen LogP contribution in [0.2, 0.25) is 5.02 Å². The summed E-state index contributed by atoms with van der Waals surface area (Å²) in [4.78, 5) is 27.6. The van der Waals surface area contributed by atoms with E-state index in [2.05, 4.69) is 25.4 Å². The second kappa shape index (κ2) is 9.38. The van der Waals surface area contributed by atoms with Crippen LogP contribution in [0.1, 0.15) is 16.1 Å². The van der Waals surface area contributed by atoms with Gasteiger partial charge in [0, 0.05) is 56.8 Å². The topological polar surface area (TPSA) is 106 Å². The monoisotopic (exact) mass is 516 g/mol. The van der Waals surface area contributed by atoms with Crippen LogP contribution in [0.3, 0.4) is 0 Å². The fourth-order valence-corrected chi connectivity index (χ4v) is 5.07. The number of aromatic nitrogens is 6. The molecule has 0 fully saturated rings. The van der Waals surface area contributed by atoms with E-state index in [1.54, 1.807) is 30.5 Å². The molecule has 5 aromatic rings. The summed E-state index contributed by atoms with van der Waals surface area (Å²) in [6.07, 6.45) is 6.96. The van der Waals surface area contributed by atoms with Crippen molar-refractivity contribution in [2.45, 2.75) is 19.1 Å². The molecule has 0 saturated carbocycles. The number of carbonyl (C=O) groups is 1. The number of H-pyrrole nitrogens is 1. The molecule has 11 heteroatoms. The molecule has 188 valence electrons. The molecular weight excluding hydrogens is 492 g/mol. The molecule has 1 aromatic carbocycles. The fraction of sp³-hybridized carbons (Fsp3) is 0.231. The maximum atomic E-state index is 13.8. The first-order valence-corrected chi connectivity index (χ1v) is 12.2. The van der Waals surface area contributed by atoms with Gasteiger partial charge < -0.3 is 24.5 Å². The maximum absolute atomic E-state index is 13.8. The molecule has 1 aliphatic rings. The average Bonchev–Trinajstić information content (AvgIpc) is 3.63. The van der Waals surface area contributed by atoms with Crippen molar-refractivity contribution in [1.82, 2.24) is 34.2 Å². The Morgan fingerprint density at radius 3 is 2.95 bits per heavy atom. The number of para-hydroxylation sites is 1. The third kappa shape index (κ3) is 4.24. The number of imidazole rings is 1. The number of hydrogen-bond donors (Lipinski definition) is 2. The molecule has 2 N–H and O–H groups in total. The van der Waals surface area contributed by atoms with Gasteiger partial charge in [0.1, 0.15) is 17.3 Å². The highest BCUT2D eigenvalue weighted by Crippen LogP contribution is 2.34. The first kappa shape index (κ1) is 23.3. The summed E-state index contributed by atoms with van der Waals surface area (Å²) in [6.45, 7) is 1.46. The zero-order valence-corrected chi connectivity index (χ0v) is 21.1. The van der Waals surface area contributed by atoms with E-state index in [9.17, 15) is 4.79 Å². The van der Waals surface area contributed by atoms with Gasteiger partial charge in [-0.3, -0.25) is 9.48 Å². The van der Waals surface area contributed by atoms with Gasteiger partial charge in [-0.25, -0.2) is 9.97 Å². The highest BCUT2D eigenvalue weighted by molar-refractivity contribution is 6.33. The summed E-state index contributed by atoms with van der Waals surface area (Å²) in [5.41, 5.74) is 5.02. The normalized spacial score (nSPS) is 15.4. The third-order valence-corrected chi connectivity index (χ3v) is 7.00. The number of hydrogen-bond acceptors (Lipinski definition) is 6. The van der Waals surface area contributed by atoms with E-state index in [0.717, 1.165) is 33.5 Å². The Morgan fingerprint density at radius 1 is 1.24 bits per heavy atom. The van der Waals surface area contributed by atoms with E-state index < -0.39 is 0 Å². The van der Waals surface area contributed by atoms with Crippen LogP contribution in [-0.2, 0) is 24.9 Å². The number of aryl methyl sites for hydroxylation is 1. The molecule has 37 heavy (non-hydrogen) atoms. The van der Waals surface area contributed by atoms with E-state index in [-0.39, 0.29) is 11.9 Å². The van der Waals surface area contributed by atoms with Crippen LogP contribution in [0.4, 0.5) is 11.6 Å². The van der Waals surface area contributed by atoms with Gasteiger partial charge in [-0.05, 0) is 23.8 Å². The van der Waals surface area contributed by atoms with E-state index in [4.69, 9.17) is 16.3 Å².